The minimum Gasteiger partial charge on any atom is -0.291 e. The van der Waals surface area contributed by atoms with Gasteiger partial charge in [-0.15, -0.1) is 0 Å². The summed E-state index contributed by atoms with van der Waals surface area (Å²) in [6.45, 7) is 0. The largest absolute Gasteiger partial charge is 0.291 e. The highest BCUT2D eigenvalue weighted by atomic mass is 35.5. The molecular formula is C8H5BCl2O. The van der Waals surface area contributed by atoms with Gasteiger partial charge < -0.3 is 0 Å². The predicted molar refractivity (Wildman–Crippen MR) is 51.7 cm³/mol. The van der Waals surface area contributed by atoms with Gasteiger partial charge >= 0.3 is 0 Å². The summed E-state index contributed by atoms with van der Waals surface area (Å²) in [7, 11) is 5.43. The summed E-state index contributed by atoms with van der Waals surface area (Å²) in [5.41, 5.74) is 1.08. The van der Waals surface area contributed by atoms with Crippen molar-refractivity contribution in [2.24, 2.45) is 0 Å². The van der Waals surface area contributed by atoms with Crippen molar-refractivity contribution >= 4 is 42.3 Å². The molecule has 1 aromatic carbocycles. The fraction of sp³-hybridized carbons (Fsp3) is 0.125. The molecule has 1 aromatic rings. The minimum absolute atomic E-state index is 0.307. The van der Waals surface area contributed by atoms with Crippen molar-refractivity contribution in [3.8, 4) is 0 Å². The van der Waals surface area contributed by atoms with Crippen molar-refractivity contribution in [2.45, 2.75) is 4.84 Å². The summed E-state index contributed by atoms with van der Waals surface area (Å²) in [5, 5.41) is 0. The first-order chi connectivity index (χ1) is 5.61. The molecule has 2 radical (unpaired) electrons. The molecule has 1 nitrogen and oxygen atoms in total. The Kier molecular flexibility index (Phi) is 3.18. The fourth-order valence-corrected chi connectivity index (χ4v) is 1.03. The van der Waals surface area contributed by atoms with E-state index in [1.54, 1.807) is 24.3 Å². The Morgan fingerprint density at radius 3 is 2.17 bits per heavy atom. The van der Waals surface area contributed by atoms with E-state index in [1.165, 1.54) is 0 Å². The van der Waals surface area contributed by atoms with Crippen LogP contribution in [0.5, 0.6) is 0 Å². The molecule has 0 atom stereocenters. The summed E-state index contributed by atoms with van der Waals surface area (Å²) in [4.78, 5) is 10.1. The third kappa shape index (κ3) is 2.26. The van der Waals surface area contributed by atoms with Crippen LogP contribution in [0, 0.1) is 0 Å². The van der Waals surface area contributed by atoms with Gasteiger partial charge in [0.2, 0.25) is 0 Å². The highest BCUT2D eigenvalue weighted by Gasteiger charge is 2.12. The molecule has 60 valence electrons. The molecule has 0 saturated heterocycles. The maximum Gasteiger partial charge on any atom is 0.195 e. The van der Waals surface area contributed by atoms with E-state index in [1.807, 2.05) is 0 Å². The third-order valence-corrected chi connectivity index (χ3v) is 1.79. The van der Waals surface area contributed by atoms with E-state index < -0.39 is 4.84 Å². The Morgan fingerprint density at radius 2 is 1.75 bits per heavy atom. The number of hydrogen-bond donors (Lipinski definition) is 0. The van der Waals surface area contributed by atoms with Gasteiger partial charge in [-0.1, -0.05) is 52.9 Å². The molecule has 0 N–H and O–H groups in total. The number of carbonyl (C=O) groups is 1. The third-order valence-electron chi connectivity index (χ3n) is 1.39. The number of ketones is 1. The maximum absolute atomic E-state index is 11.2. The lowest BCUT2D eigenvalue weighted by atomic mass is 9.95. The highest BCUT2D eigenvalue weighted by molar-refractivity contribution is 6.55. The number of carbonyl (C=O) groups excluding carboxylic acids is 1. The minimum atomic E-state index is -1.01. The van der Waals surface area contributed by atoms with E-state index >= 15 is 0 Å². The van der Waals surface area contributed by atoms with E-state index in [0.717, 1.165) is 0 Å². The lowest BCUT2D eigenvalue weighted by Crippen LogP contribution is -2.10. The van der Waals surface area contributed by atoms with Crippen molar-refractivity contribution in [2.75, 3.05) is 0 Å². The molecule has 1 rings (SSSR count). The fourth-order valence-electron chi connectivity index (χ4n) is 0.773. The van der Waals surface area contributed by atoms with E-state index in [-0.39, 0.29) is 5.78 Å². The summed E-state index contributed by atoms with van der Waals surface area (Å²) in [6, 6.07) is 6.44. The van der Waals surface area contributed by atoms with Crippen molar-refractivity contribution in [3.05, 3.63) is 29.8 Å². The second-order valence-electron chi connectivity index (χ2n) is 2.29. The molecule has 0 unspecified atom stereocenters. The second-order valence-corrected chi connectivity index (χ2v) is 3.38. The van der Waals surface area contributed by atoms with Crippen molar-refractivity contribution in [3.63, 3.8) is 0 Å². The highest BCUT2D eigenvalue weighted by Crippen LogP contribution is 2.10. The summed E-state index contributed by atoms with van der Waals surface area (Å²) in [6.07, 6.45) is 0. The molecule has 0 bridgehead atoms. The van der Waals surface area contributed by atoms with Gasteiger partial charge in [-0.2, -0.15) is 0 Å². The molecule has 12 heavy (non-hydrogen) atoms. The molecule has 0 heterocycles. The lowest BCUT2D eigenvalue weighted by molar-refractivity contribution is 0.101. The second kappa shape index (κ2) is 3.97. The van der Waals surface area contributed by atoms with Crippen LogP contribution in [0.4, 0.5) is 0 Å². The van der Waals surface area contributed by atoms with Gasteiger partial charge in [0.25, 0.3) is 0 Å². The molecule has 0 aliphatic rings. The first-order valence-electron chi connectivity index (χ1n) is 3.29. The number of alkyl halides is 2. The molecule has 0 saturated carbocycles. The number of benzene rings is 1. The molecule has 0 aromatic heterocycles. The van der Waals surface area contributed by atoms with E-state index in [0.29, 0.717) is 11.0 Å². The van der Waals surface area contributed by atoms with Crippen LogP contribution in [0.2, 0.25) is 0 Å². The predicted octanol–water partition coefficient (Wildman–Crippen LogP) is 1.47. The van der Waals surface area contributed by atoms with Gasteiger partial charge in [0.05, 0.1) is 0 Å². The number of hydrogen-bond acceptors (Lipinski definition) is 1. The van der Waals surface area contributed by atoms with Crippen LogP contribution < -0.4 is 5.46 Å². The van der Waals surface area contributed by atoms with E-state index in [9.17, 15) is 4.79 Å². The van der Waals surface area contributed by atoms with Gasteiger partial charge in [-0.3, -0.25) is 4.79 Å². The number of Topliss-reactive ketones (excluding diaryl/α,β-unsaturated/α-hetero) is 1. The molecule has 0 aliphatic carbocycles. The van der Waals surface area contributed by atoms with Crippen LogP contribution in [0.1, 0.15) is 10.4 Å². The average molecular weight is 199 g/mol. The van der Waals surface area contributed by atoms with Gasteiger partial charge in [0, 0.05) is 5.56 Å². The summed E-state index contributed by atoms with van der Waals surface area (Å²) in [5.74, 6) is -0.307. The Labute approximate surface area is 82.1 Å². The lowest BCUT2D eigenvalue weighted by Gasteiger charge is -2.00. The zero-order valence-corrected chi connectivity index (χ0v) is 7.64. The Balaban J connectivity index is 2.90. The molecule has 0 spiro atoms. The zero-order valence-electron chi connectivity index (χ0n) is 6.13. The number of halogens is 2. The Hall–Kier alpha value is -0.465. The molecule has 0 aliphatic heterocycles. The Bertz CT molecular complexity index is 282. The molecule has 0 fully saturated rings. The monoisotopic (exact) mass is 198 g/mol. The summed E-state index contributed by atoms with van der Waals surface area (Å²) < 4.78 is 0. The zero-order chi connectivity index (χ0) is 9.14. The van der Waals surface area contributed by atoms with Gasteiger partial charge in [-0.05, 0) is 0 Å². The topological polar surface area (TPSA) is 17.1 Å². The Morgan fingerprint density at radius 1 is 1.25 bits per heavy atom. The van der Waals surface area contributed by atoms with Crippen molar-refractivity contribution in [1.82, 2.24) is 0 Å². The van der Waals surface area contributed by atoms with Crippen LogP contribution in [0.3, 0.4) is 0 Å². The van der Waals surface area contributed by atoms with E-state index in [2.05, 4.69) is 0 Å². The molecule has 4 heteroatoms. The summed E-state index contributed by atoms with van der Waals surface area (Å²) >= 11 is 10.8. The van der Waals surface area contributed by atoms with Crippen molar-refractivity contribution in [1.29, 1.82) is 0 Å². The average Bonchev–Trinajstić information content (AvgIpc) is 2.04. The van der Waals surface area contributed by atoms with Crippen LogP contribution in [0.25, 0.3) is 0 Å². The van der Waals surface area contributed by atoms with Crippen molar-refractivity contribution < 1.29 is 4.79 Å². The number of rotatable bonds is 2. The van der Waals surface area contributed by atoms with Crippen LogP contribution >= 0.6 is 23.2 Å². The van der Waals surface area contributed by atoms with Gasteiger partial charge in [0.1, 0.15) is 7.85 Å². The standard InChI is InChI=1S/C8H5BCl2O/c9-6-3-1-5(2-4-6)7(12)8(10)11/h1-4,8H. The van der Waals surface area contributed by atoms with Crippen LogP contribution in [-0.4, -0.2) is 18.5 Å². The van der Waals surface area contributed by atoms with Crippen LogP contribution in [-0.2, 0) is 0 Å². The maximum atomic E-state index is 11.2. The SMILES string of the molecule is [B]c1ccc(C(=O)C(Cl)Cl)cc1. The smallest absolute Gasteiger partial charge is 0.195 e. The molecular weight excluding hydrogens is 194 g/mol. The first-order valence-corrected chi connectivity index (χ1v) is 4.16. The van der Waals surface area contributed by atoms with Gasteiger partial charge in [-0.25, -0.2) is 0 Å². The quantitative estimate of drug-likeness (QED) is 0.400. The molecule has 0 amide bonds. The van der Waals surface area contributed by atoms with Crippen LogP contribution in [0.15, 0.2) is 24.3 Å². The normalized spacial score (nSPS) is 10.2. The van der Waals surface area contributed by atoms with Gasteiger partial charge in [0.15, 0.2) is 10.6 Å². The van der Waals surface area contributed by atoms with E-state index in [4.69, 9.17) is 31.0 Å². The first kappa shape index (κ1) is 9.62.